The quantitative estimate of drug-likeness (QED) is 0.491. The van der Waals surface area contributed by atoms with Gasteiger partial charge in [0.05, 0.1) is 10.6 Å². The zero-order valence-corrected chi connectivity index (χ0v) is 18.8. The maximum absolute atomic E-state index is 12.6. The number of carbonyl (C=O) groups is 1. The van der Waals surface area contributed by atoms with E-state index in [4.69, 9.17) is 21.7 Å². The Bertz CT molecular complexity index is 1330. The van der Waals surface area contributed by atoms with Gasteiger partial charge < -0.3 is 4.74 Å². The van der Waals surface area contributed by atoms with Crippen molar-refractivity contribution in [3.05, 3.63) is 106 Å². The summed E-state index contributed by atoms with van der Waals surface area (Å²) in [5, 5.41) is 15.9. The Morgan fingerprint density at radius 1 is 1.00 bits per heavy atom. The van der Waals surface area contributed by atoms with Crippen molar-refractivity contribution in [2.75, 3.05) is 0 Å². The summed E-state index contributed by atoms with van der Waals surface area (Å²) in [6, 6.07) is 24.6. The van der Waals surface area contributed by atoms with Gasteiger partial charge in [0.1, 0.15) is 17.4 Å². The Balaban J connectivity index is 1.34. The van der Waals surface area contributed by atoms with Gasteiger partial charge in [-0.3, -0.25) is 10.2 Å². The van der Waals surface area contributed by atoms with Crippen LogP contribution in [0.5, 0.6) is 5.75 Å². The fourth-order valence-electron chi connectivity index (χ4n) is 3.30. The number of hydrogen-bond donors (Lipinski definition) is 1. The molecular formula is C25H17ClN4O2S. The predicted octanol–water partition coefficient (Wildman–Crippen LogP) is 5.59. The molecule has 2 heterocycles. The van der Waals surface area contributed by atoms with Crippen molar-refractivity contribution in [3.8, 4) is 5.75 Å². The number of thioether (sulfide) groups is 1. The van der Waals surface area contributed by atoms with E-state index in [1.54, 1.807) is 12.1 Å². The first-order valence-electron chi connectivity index (χ1n) is 10.1. The second kappa shape index (κ2) is 9.05. The van der Waals surface area contributed by atoms with Crippen LogP contribution in [0, 0.1) is 5.41 Å². The minimum absolute atomic E-state index is 0.0241. The van der Waals surface area contributed by atoms with Crippen LogP contribution in [0.25, 0.3) is 6.08 Å². The van der Waals surface area contributed by atoms with E-state index >= 15 is 0 Å². The number of hydrazone groups is 1. The van der Waals surface area contributed by atoms with Crippen molar-refractivity contribution in [1.82, 2.24) is 5.01 Å². The van der Waals surface area contributed by atoms with Gasteiger partial charge in [0.2, 0.25) is 5.17 Å². The largest absolute Gasteiger partial charge is 0.489 e. The van der Waals surface area contributed by atoms with Crippen molar-refractivity contribution in [3.63, 3.8) is 0 Å². The third kappa shape index (κ3) is 4.46. The van der Waals surface area contributed by atoms with Gasteiger partial charge in [-0.15, -0.1) is 0 Å². The molecule has 0 saturated heterocycles. The molecule has 0 fully saturated rings. The van der Waals surface area contributed by atoms with E-state index < -0.39 is 5.91 Å². The number of fused-ring (bicyclic) bond motifs is 1. The summed E-state index contributed by atoms with van der Waals surface area (Å²) in [6.45, 7) is 0.473. The van der Waals surface area contributed by atoms with Gasteiger partial charge in [-0.2, -0.15) is 15.1 Å². The number of hydrogen-bond acceptors (Lipinski definition) is 5. The molecule has 0 atom stereocenters. The summed E-state index contributed by atoms with van der Waals surface area (Å²) in [6.07, 6.45) is 1.64. The van der Waals surface area contributed by atoms with Crippen molar-refractivity contribution in [1.29, 1.82) is 5.41 Å². The number of nitrogens with zero attached hydrogens (tertiary/aromatic N) is 3. The summed E-state index contributed by atoms with van der Waals surface area (Å²) in [7, 11) is 0. The van der Waals surface area contributed by atoms with Gasteiger partial charge in [0.15, 0.2) is 5.84 Å². The van der Waals surface area contributed by atoms with E-state index in [1.807, 2.05) is 72.8 Å². The van der Waals surface area contributed by atoms with Crippen LogP contribution in [0.4, 0.5) is 0 Å². The second-order valence-electron chi connectivity index (χ2n) is 7.25. The van der Waals surface area contributed by atoms with Crippen molar-refractivity contribution < 1.29 is 9.53 Å². The van der Waals surface area contributed by atoms with Gasteiger partial charge in [-0.25, -0.2) is 0 Å². The standard InChI is InChI=1S/C25H17ClN4O2S/c26-21-9-5-4-8-19(21)24-29-30-22(27)20(23(31)28-25(30)33-24)14-16-10-12-18(13-11-16)32-15-17-6-2-1-3-7-17/h1-14,27H,15H2/b20-14-,27-22?. The molecule has 3 aromatic rings. The highest BCUT2D eigenvalue weighted by Gasteiger charge is 2.36. The van der Waals surface area contributed by atoms with Gasteiger partial charge in [-0.05, 0) is 47.2 Å². The Morgan fingerprint density at radius 3 is 2.48 bits per heavy atom. The first-order chi connectivity index (χ1) is 16.1. The third-order valence-electron chi connectivity index (χ3n) is 5.00. The number of halogens is 1. The maximum Gasteiger partial charge on any atom is 0.283 e. The average molecular weight is 473 g/mol. The predicted molar refractivity (Wildman–Crippen MR) is 133 cm³/mol. The number of ether oxygens (including phenoxy) is 1. The normalized spacial score (nSPS) is 16.5. The molecule has 5 rings (SSSR count). The molecule has 6 nitrogen and oxygen atoms in total. The van der Waals surface area contributed by atoms with Crippen LogP contribution < -0.4 is 4.74 Å². The molecule has 0 bridgehead atoms. The molecule has 0 radical (unpaired) electrons. The number of amidine groups is 2. The zero-order chi connectivity index (χ0) is 22.8. The van der Waals surface area contributed by atoms with Crippen LogP contribution in [0.15, 0.2) is 94.5 Å². The minimum Gasteiger partial charge on any atom is -0.489 e. The Kier molecular flexibility index (Phi) is 5.81. The molecule has 2 aliphatic rings. The number of amides is 1. The van der Waals surface area contributed by atoms with Gasteiger partial charge in [0.25, 0.3) is 5.91 Å². The number of benzene rings is 3. The van der Waals surface area contributed by atoms with E-state index in [2.05, 4.69) is 10.1 Å². The lowest BCUT2D eigenvalue weighted by molar-refractivity contribution is -0.114. The number of carbonyl (C=O) groups excluding carboxylic acids is 1. The summed E-state index contributed by atoms with van der Waals surface area (Å²) < 4.78 is 5.81. The summed E-state index contributed by atoms with van der Waals surface area (Å²) in [4.78, 5) is 16.8. The lowest BCUT2D eigenvalue weighted by Gasteiger charge is -2.20. The number of nitrogens with one attached hydrogen (secondary N) is 1. The van der Waals surface area contributed by atoms with Crippen LogP contribution in [0.2, 0.25) is 5.02 Å². The van der Waals surface area contributed by atoms with Crippen molar-refractivity contribution in [2.45, 2.75) is 6.61 Å². The third-order valence-corrected chi connectivity index (χ3v) is 6.27. The van der Waals surface area contributed by atoms with Crippen LogP contribution >= 0.6 is 23.4 Å². The van der Waals surface area contributed by atoms with E-state index in [0.717, 1.165) is 22.4 Å². The minimum atomic E-state index is -0.473. The maximum atomic E-state index is 12.6. The molecule has 0 saturated carbocycles. The van der Waals surface area contributed by atoms with Crippen LogP contribution in [-0.4, -0.2) is 27.0 Å². The molecule has 0 aliphatic carbocycles. The van der Waals surface area contributed by atoms with E-state index in [9.17, 15) is 4.79 Å². The molecule has 1 N–H and O–H groups in total. The molecule has 1 amide bonds. The average Bonchev–Trinajstić information content (AvgIpc) is 3.26. The second-order valence-corrected chi connectivity index (χ2v) is 8.61. The highest BCUT2D eigenvalue weighted by Crippen LogP contribution is 2.33. The molecule has 0 aromatic heterocycles. The molecule has 2 aliphatic heterocycles. The zero-order valence-electron chi connectivity index (χ0n) is 17.2. The molecule has 3 aromatic carbocycles. The summed E-state index contributed by atoms with van der Waals surface area (Å²) in [5.74, 6) is 0.221. The van der Waals surface area contributed by atoms with E-state index in [0.29, 0.717) is 21.8 Å². The van der Waals surface area contributed by atoms with Crippen LogP contribution in [0.1, 0.15) is 16.7 Å². The molecule has 33 heavy (non-hydrogen) atoms. The Morgan fingerprint density at radius 2 is 1.73 bits per heavy atom. The number of rotatable bonds is 5. The SMILES string of the molecule is N=C1/C(=C/c2ccc(OCc3ccccc3)cc2)C(=O)N=C2SC(c3ccccc3Cl)=NN12. The highest BCUT2D eigenvalue weighted by molar-refractivity contribution is 8.27. The Labute approximate surface area is 199 Å². The molecule has 0 spiro atoms. The van der Waals surface area contributed by atoms with Crippen molar-refractivity contribution in [2.24, 2.45) is 10.1 Å². The Hall–Kier alpha value is -3.68. The molecule has 162 valence electrons. The molecular weight excluding hydrogens is 456 g/mol. The molecule has 8 heteroatoms. The highest BCUT2D eigenvalue weighted by atomic mass is 35.5. The van der Waals surface area contributed by atoms with Crippen LogP contribution in [0.3, 0.4) is 0 Å². The topological polar surface area (TPSA) is 78.1 Å². The monoisotopic (exact) mass is 472 g/mol. The summed E-state index contributed by atoms with van der Waals surface area (Å²) >= 11 is 7.50. The first-order valence-corrected chi connectivity index (χ1v) is 11.3. The van der Waals surface area contributed by atoms with Gasteiger partial charge in [-0.1, -0.05) is 72.3 Å². The summed E-state index contributed by atoms with van der Waals surface area (Å²) in [5.41, 5.74) is 2.74. The van der Waals surface area contributed by atoms with E-state index in [-0.39, 0.29) is 11.4 Å². The first kappa shape index (κ1) is 21.2. The van der Waals surface area contributed by atoms with Crippen molar-refractivity contribution >= 4 is 51.4 Å². The van der Waals surface area contributed by atoms with Gasteiger partial charge in [0, 0.05) is 5.56 Å². The smallest absolute Gasteiger partial charge is 0.283 e. The fraction of sp³-hybridized carbons (Fsp3) is 0.0400. The van der Waals surface area contributed by atoms with Gasteiger partial charge >= 0.3 is 0 Å². The van der Waals surface area contributed by atoms with Crippen LogP contribution in [-0.2, 0) is 11.4 Å². The van der Waals surface area contributed by atoms with E-state index in [1.165, 1.54) is 16.8 Å². The molecule has 0 unspecified atom stereocenters. The fourth-order valence-corrected chi connectivity index (χ4v) is 4.52. The lowest BCUT2D eigenvalue weighted by atomic mass is 10.1. The lowest BCUT2D eigenvalue weighted by Crippen LogP contribution is -2.35. The number of aliphatic imine (C=N–C) groups is 1.